The monoisotopic (exact) mass is 240 g/mol. The first kappa shape index (κ1) is 13.2. The van der Waals surface area contributed by atoms with Gasteiger partial charge >= 0.3 is 5.97 Å². The lowest BCUT2D eigenvalue weighted by Crippen LogP contribution is -2.20. The van der Waals surface area contributed by atoms with Crippen molar-refractivity contribution >= 4 is 5.97 Å². The first-order valence-electron chi connectivity index (χ1n) is 5.15. The Labute approximate surface area is 99.7 Å². The summed E-state index contributed by atoms with van der Waals surface area (Å²) >= 11 is 0. The van der Waals surface area contributed by atoms with Gasteiger partial charge in [0, 0.05) is 17.9 Å². The summed E-state index contributed by atoms with van der Waals surface area (Å²) in [4.78, 5) is 10.5. The largest absolute Gasteiger partial charge is 0.502 e. The van der Waals surface area contributed by atoms with E-state index in [1.54, 1.807) is 6.08 Å². The van der Waals surface area contributed by atoms with E-state index >= 15 is 0 Å². The average Bonchev–Trinajstić information content (AvgIpc) is 2.28. The second-order valence-corrected chi connectivity index (χ2v) is 3.72. The molecule has 2 atom stereocenters. The zero-order valence-corrected chi connectivity index (χ0v) is 10.0. The second kappa shape index (κ2) is 5.43. The molecule has 1 aliphatic carbocycles. The van der Waals surface area contributed by atoms with Crippen molar-refractivity contribution in [3.8, 4) is 0 Å². The number of ether oxygens (including phenoxy) is 2. The third-order valence-corrected chi connectivity index (χ3v) is 2.70. The second-order valence-electron chi connectivity index (χ2n) is 3.72. The first-order valence-corrected chi connectivity index (χ1v) is 5.15. The van der Waals surface area contributed by atoms with Crippen LogP contribution in [0.5, 0.6) is 0 Å². The fourth-order valence-corrected chi connectivity index (χ4v) is 1.77. The molecule has 1 aliphatic rings. The maximum Gasteiger partial charge on any atom is 0.327 e. The van der Waals surface area contributed by atoms with E-state index in [-0.39, 0.29) is 17.6 Å². The van der Waals surface area contributed by atoms with E-state index in [0.717, 1.165) is 6.08 Å². The topological polar surface area (TPSA) is 76.0 Å². The highest BCUT2D eigenvalue weighted by molar-refractivity contribution is 5.79. The number of carboxylic acids is 1. The van der Waals surface area contributed by atoms with Crippen molar-refractivity contribution in [3.63, 3.8) is 0 Å². The van der Waals surface area contributed by atoms with E-state index in [1.165, 1.54) is 20.3 Å². The number of carboxylic acid groups (broad SMARTS) is 1. The van der Waals surface area contributed by atoms with Gasteiger partial charge in [0.1, 0.15) is 5.76 Å². The van der Waals surface area contributed by atoms with Crippen molar-refractivity contribution in [3.05, 3.63) is 35.5 Å². The summed E-state index contributed by atoms with van der Waals surface area (Å²) in [5.41, 5.74) is 0. The molecule has 5 nitrogen and oxygen atoms in total. The Balaban J connectivity index is 3.04. The molecule has 0 spiro atoms. The normalized spacial score (nSPS) is 24.8. The number of allylic oxidation sites excluding steroid dienone is 3. The maximum atomic E-state index is 10.5. The van der Waals surface area contributed by atoms with Crippen molar-refractivity contribution in [1.82, 2.24) is 0 Å². The lowest BCUT2D eigenvalue weighted by molar-refractivity contribution is -0.131. The van der Waals surface area contributed by atoms with Gasteiger partial charge in [0.05, 0.1) is 14.2 Å². The van der Waals surface area contributed by atoms with E-state index in [9.17, 15) is 9.90 Å². The van der Waals surface area contributed by atoms with E-state index in [1.807, 2.05) is 6.92 Å². The Bertz CT molecular complexity index is 392. The number of aliphatic hydroxyl groups is 1. The van der Waals surface area contributed by atoms with Gasteiger partial charge in [-0.3, -0.25) is 0 Å². The van der Waals surface area contributed by atoms with Crippen LogP contribution in [-0.4, -0.2) is 30.4 Å². The fourth-order valence-electron chi connectivity index (χ4n) is 1.77. The molecule has 0 aliphatic heterocycles. The molecule has 0 heterocycles. The van der Waals surface area contributed by atoms with Crippen molar-refractivity contribution in [2.45, 2.75) is 6.92 Å². The number of rotatable bonds is 4. The van der Waals surface area contributed by atoms with Gasteiger partial charge in [0.2, 0.25) is 0 Å². The molecule has 0 aromatic rings. The molecule has 2 N–H and O–H groups in total. The molecule has 5 heteroatoms. The fraction of sp³-hybridized carbons (Fsp3) is 0.417. The highest BCUT2D eigenvalue weighted by Gasteiger charge is 2.29. The molecule has 0 aromatic heterocycles. The Morgan fingerprint density at radius 1 is 1.41 bits per heavy atom. The standard InChI is InChI=1S/C12H16O5/c1-7-8(4-5-10(13)14)6-9(16-2)11(15)12(7)17-3/h4-8,15H,1-3H3,(H,13,14)/b5-4+. The molecule has 1 rings (SSSR count). The molecule has 0 aromatic carbocycles. The van der Waals surface area contributed by atoms with Crippen LogP contribution in [0.1, 0.15) is 6.92 Å². The van der Waals surface area contributed by atoms with Gasteiger partial charge in [0.25, 0.3) is 0 Å². The van der Waals surface area contributed by atoms with E-state index < -0.39 is 5.97 Å². The molecule has 0 radical (unpaired) electrons. The molecule has 0 amide bonds. The van der Waals surface area contributed by atoms with Crippen molar-refractivity contribution in [1.29, 1.82) is 0 Å². The minimum atomic E-state index is -1.01. The van der Waals surface area contributed by atoms with Gasteiger partial charge in [-0.1, -0.05) is 13.0 Å². The SMILES string of the molecule is COC1=CC(/C=C/C(=O)O)C(C)C(OC)=C1O. The molecule has 17 heavy (non-hydrogen) atoms. The van der Waals surface area contributed by atoms with Gasteiger partial charge in [-0.2, -0.15) is 0 Å². The number of aliphatic hydroxyl groups excluding tert-OH is 1. The van der Waals surface area contributed by atoms with Crippen LogP contribution in [0.2, 0.25) is 0 Å². The molecule has 2 unspecified atom stereocenters. The first-order chi connectivity index (χ1) is 8.01. The van der Waals surface area contributed by atoms with E-state index in [4.69, 9.17) is 14.6 Å². The zero-order valence-electron chi connectivity index (χ0n) is 10.0. The van der Waals surface area contributed by atoms with Gasteiger partial charge < -0.3 is 19.7 Å². The predicted molar refractivity (Wildman–Crippen MR) is 61.2 cm³/mol. The van der Waals surface area contributed by atoms with Crippen LogP contribution in [0.4, 0.5) is 0 Å². The third kappa shape index (κ3) is 2.81. The van der Waals surface area contributed by atoms with Gasteiger partial charge in [-0.25, -0.2) is 4.79 Å². The Morgan fingerprint density at radius 3 is 2.53 bits per heavy atom. The molecular formula is C12H16O5. The van der Waals surface area contributed by atoms with Crippen LogP contribution < -0.4 is 0 Å². The van der Waals surface area contributed by atoms with Gasteiger partial charge in [0.15, 0.2) is 11.5 Å². The van der Waals surface area contributed by atoms with E-state index in [0.29, 0.717) is 11.5 Å². The molecule has 0 saturated heterocycles. The van der Waals surface area contributed by atoms with Crippen molar-refractivity contribution < 1.29 is 24.5 Å². The summed E-state index contributed by atoms with van der Waals surface area (Å²) < 4.78 is 10.1. The van der Waals surface area contributed by atoms with Crippen LogP contribution in [0.15, 0.2) is 35.5 Å². The Hall–Kier alpha value is -1.91. The number of hydrogen-bond donors (Lipinski definition) is 2. The third-order valence-electron chi connectivity index (χ3n) is 2.70. The zero-order chi connectivity index (χ0) is 13.0. The molecule has 0 bridgehead atoms. The lowest BCUT2D eigenvalue weighted by atomic mass is 9.86. The van der Waals surface area contributed by atoms with Crippen molar-refractivity contribution in [2.24, 2.45) is 11.8 Å². The van der Waals surface area contributed by atoms with Crippen LogP contribution in [0.3, 0.4) is 0 Å². The van der Waals surface area contributed by atoms with Crippen molar-refractivity contribution in [2.75, 3.05) is 14.2 Å². The smallest absolute Gasteiger partial charge is 0.327 e. The highest BCUT2D eigenvalue weighted by Crippen LogP contribution is 2.34. The van der Waals surface area contributed by atoms with Crippen LogP contribution in [-0.2, 0) is 14.3 Å². The average molecular weight is 240 g/mol. The Morgan fingerprint density at radius 2 is 2.06 bits per heavy atom. The molecule has 0 fully saturated rings. The number of aliphatic carboxylic acids is 1. The Kier molecular flexibility index (Phi) is 4.20. The number of methoxy groups -OCH3 is 2. The number of hydrogen-bond acceptors (Lipinski definition) is 4. The summed E-state index contributed by atoms with van der Waals surface area (Å²) in [7, 11) is 2.89. The quantitative estimate of drug-likeness (QED) is 0.733. The number of carbonyl (C=O) groups is 1. The minimum absolute atomic E-state index is 0.0394. The molecular weight excluding hydrogens is 224 g/mol. The van der Waals surface area contributed by atoms with Crippen LogP contribution >= 0.6 is 0 Å². The predicted octanol–water partition coefficient (Wildman–Crippen LogP) is 1.84. The maximum absolute atomic E-state index is 10.5. The van der Waals surface area contributed by atoms with Crippen LogP contribution in [0, 0.1) is 11.8 Å². The minimum Gasteiger partial charge on any atom is -0.502 e. The molecule has 0 saturated carbocycles. The van der Waals surface area contributed by atoms with Gasteiger partial charge in [-0.05, 0) is 6.08 Å². The summed E-state index contributed by atoms with van der Waals surface area (Å²) in [6, 6.07) is 0. The molecule has 94 valence electrons. The summed E-state index contributed by atoms with van der Waals surface area (Å²) in [5, 5.41) is 18.4. The summed E-state index contributed by atoms with van der Waals surface area (Å²) in [6.45, 7) is 1.84. The lowest BCUT2D eigenvalue weighted by Gasteiger charge is -2.26. The van der Waals surface area contributed by atoms with Crippen LogP contribution in [0.25, 0.3) is 0 Å². The summed E-state index contributed by atoms with van der Waals surface area (Å²) in [6.07, 6.45) is 4.28. The highest BCUT2D eigenvalue weighted by atomic mass is 16.5. The van der Waals surface area contributed by atoms with Gasteiger partial charge in [-0.15, -0.1) is 0 Å². The summed E-state index contributed by atoms with van der Waals surface area (Å²) in [5.74, 6) is -0.699. The van der Waals surface area contributed by atoms with E-state index in [2.05, 4.69) is 0 Å².